The van der Waals surface area contributed by atoms with E-state index in [1.165, 1.54) is 50.6 Å². The average molecular weight is 241 g/mol. The molecule has 1 aromatic rings. The second-order valence-corrected chi connectivity index (χ2v) is 6.84. The fraction of sp³-hybridized carbons (Fsp3) is 0.647. The van der Waals surface area contributed by atoms with Gasteiger partial charge in [-0.05, 0) is 50.8 Å². The molecule has 0 spiro atoms. The number of likely N-dealkylation sites (N-methyl/N-ethyl adjacent to an activating group) is 1. The Hall–Kier alpha value is -0.820. The topological polar surface area (TPSA) is 3.24 Å². The van der Waals surface area contributed by atoms with Crippen molar-refractivity contribution in [2.45, 2.75) is 56.4 Å². The molecule has 3 aliphatic rings. The molecule has 2 atom stereocenters. The Morgan fingerprint density at radius 1 is 1.11 bits per heavy atom. The average Bonchev–Trinajstić information content (AvgIpc) is 2.37. The Labute approximate surface area is 110 Å². The van der Waals surface area contributed by atoms with Gasteiger partial charge in [-0.3, -0.25) is 4.90 Å². The van der Waals surface area contributed by atoms with Crippen molar-refractivity contribution in [3.05, 3.63) is 34.9 Å². The van der Waals surface area contributed by atoms with E-state index < -0.39 is 0 Å². The number of rotatable bonds is 0. The van der Waals surface area contributed by atoms with Crippen LogP contribution in [0.2, 0.25) is 0 Å². The Kier molecular flexibility index (Phi) is 2.08. The van der Waals surface area contributed by atoms with Crippen molar-refractivity contribution in [1.82, 2.24) is 4.90 Å². The standard InChI is InChI=1S/C17H23N/c1-13-5-6-14-7-10-17-9-4-3-8-16(17,12-18(17)2)15(14)11-13/h5-6,11H,3-4,7-10,12H2,1-2H3/t16-,17?/m1/s1. The molecule has 4 rings (SSSR count). The number of hydrogen-bond acceptors (Lipinski definition) is 1. The zero-order valence-corrected chi connectivity index (χ0v) is 11.6. The fourth-order valence-electron chi connectivity index (χ4n) is 5.28. The van der Waals surface area contributed by atoms with Gasteiger partial charge >= 0.3 is 0 Å². The summed E-state index contributed by atoms with van der Waals surface area (Å²) in [7, 11) is 2.35. The number of benzene rings is 1. The number of aryl methyl sites for hydroxylation is 2. The Bertz CT molecular complexity index is 502. The largest absolute Gasteiger partial charge is 0.299 e. The molecule has 2 aliphatic carbocycles. The molecule has 18 heavy (non-hydrogen) atoms. The third-order valence-electron chi connectivity index (χ3n) is 6.16. The normalized spacial score (nSPS) is 38.3. The van der Waals surface area contributed by atoms with Crippen LogP contribution in [-0.2, 0) is 11.8 Å². The van der Waals surface area contributed by atoms with Gasteiger partial charge in [-0.1, -0.05) is 36.6 Å². The molecular formula is C17H23N. The lowest BCUT2D eigenvalue weighted by Gasteiger charge is -2.70. The smallest absolute Gasteiger partial charge is 0.0319 e. The minimum atomic E-state index is 0.513. The molecule has 96 valence electrons. The second kappa shape index (κ2) is 3.39. The Balaban J connectivity index is 1.91. The van der Waals surface area contributed by atoms with E-state index in [0.29, 0.717) is 11.0 Å². The van der Waals surface area contributed by atoms with Crippen LogP contribution < -0.4 is 0 Å². The maximum Gasteiger partial charge on any atom is 0.0319 e. The minimum absolute atomic E-state index is 0.513. The Morgan fingerprint density at radius 2 is 1.94 bits per heavy atom. The molecule has 1 heteroatoms. The molecule has 0 radical (unpaired) electrons. The van der Waals surface area contributed by atoms with Gasteiger partial charge in [0.1, 0.15) is 0 Å². The number of hydrogen-bond donors (Lipinski definition) is 0. The predicted molar refractivity (Wildman–Crippen MR) is 75.0 cm³/mol. The molecule has 1 saturated carbocycles. The first kappa shape index (κ1) is 11.0. The summed E-state index contributed by atoms with van der Waals surface area (Å²) in [6, 6.07) is 7.20. The zero-order chi connectivity index (χ0) is 12.4. The van der Waals surface area contributed by atoms with Crippen molar-refractivity contribution in [2.24, 2.45) is 0 Å². The number of fused-ring (bicyclic) bond motifs is 1. The van der Waals surface area contributed by atoms with Crippen LogP contribution in [0.5, 0.6) is 0 Å². The molecular weight excluding hydrogens is 218 g/mol. The van der Waals surface area contributed by atoms with Gasteiger partial charge in [-0.25, -0.2) is 0 Å². The molecule has 0 bridgehead atoms. The number of likely N-dealkylation sites (tertiary alicyclic amines) is 1. The molecule has 0 aromatic heterocycles. The lowest BCUT2D eigenvalue weighted by atomic mass is 9.47. The summed E-state index contributed by atoms with van der Waals surface area (Å²) in [6.45, 7) is 3.54. The monoisotopic (exact) mass is 241 g/mol. The number of nitrogens with zero attached hydrogens (tertiary/aromatic N) is 1. The lowest BCUT2D eigenvalue weighted by Crippen LogP contribution is -2.77. The van der Waals surface area contributed by atoms with Crippen LogP contribution in [0.4, 0.5) is 0 Å². The predicted octanol–water partition coefficient (Wildman–Crippen LogP) is 3.44. The second-order valence-electron chi connectivity index (χ2n) is 6.84. The van der Waals surface area contributed by atoms with E-state index in [0.717, 1.165) is 0 Å². The quantitative estimate of drug-likeness (QED) is 0.672. The van der Waals surface area contributed by atoms with Crippen LogP contribution in [0.1, 0.15) is 48.8 Å². The molecule has 2 fully saturated rings. The Morgan fingerprint density at radius 3 is 2.78 bits per heavy atom. The summed E-state index contributed by atoms with van der Waals surface area (Å²) < 4.78 is 0. The highest BCUT2D eigenvalue weighted by atomic mass is 15.3. The summed E-state index contributed by atoms with van der Waals surface area (Å²) in [6.07, 6.45) is 8.40. The third kappa shape index (κ3) is 1.08. The van der Waals surface area contributed by atoms with Crippen molar-refractivity contribution in [3.8, 4) is 0 Å². The van der Waals surface area contributed by atoms with Crippen molar-refractivity contribution in [2.75, 3.05) is 13.6 Å². The molecule has 1 aromatic carbocycles. The molecule has 0 N–H and O–H groups in total. The van der Waals surface area contributed by atoms with Crippen molar-refractivity contribution < 1.29 is 0 Å². The lowest BCUT2D eigenvalue weighted by molar-refractivity contribution is -0.130. The van der Waals surface area contributed by atoms with E-state index in [1.54, 1.807) is 11.1 Å². The molecule has 1 unspecified atom stereocenters. The zero-order valence-electron chi connectivity index (χ0n) is 11.6. The van der Waals surface area contributed by atoms with E-state index in [-0.39, 0.29) is 0 Å². The SMILES string of the molecule is Cc1ccc2c(c1)[C@]13CCCCC1(CC2)N(C)C3. The molecule has 1 aliphatic heterocycles. The first-order valence-electron chi connectivity index (χ1n) is 7.49. The van der Waals surface area contributed by atoms with E-state index in [4.69, 9.17) is 0 Å². The highest BCUT2D eigenvalue weighted by molar-refractivity contribution is 5.48. The summed E-state index contributed by atoms with van der Waals surface area (Å²) in [4.78, 5) is 2.66. The van der Waals surface area contributed by atoms with Crippen molar-refractivity contribution >= 4 is 0 Å². The van der Waals surface area contributed by atoms with Gasteiger partial charge in [-0.2, -0.15) is 0 Å². The highest BCUT2D eigenvalue weighted by Gasteiger charge is 2.65. The maximum absolute atomic E-state index is 2.66. The fourth-order valence-corrected chi connectivity index (χ4v) is 5.28. The maximum atomic E-state index is 2.66. The summed E-state index contributed by atoms with van der Waals surface area (Å²) in [5.74, 6) is 0. The summed E-state index contributed by atoms with van der Waals surface area (Å²) in [5, 5.41) is 0. The van der Waals surface area contributed by atoms with E-state index in [2.05, 4.69) is 37.1 Å². The van der Waals surface area contributed by atoms with Crippen molar-refractivity contribution in [1.29, 1.82) is 0 Å². The summed E-state index contributed by atoms with van der Waals surface area (Å²) >= 11 is 0. The van der Waals surface area contributed by atoms with Gasteiger partial charge in [0.05, 0.1) is 0 Å². The highest BCUT2D eigenvalue weighted by Crippen LogP contribution is 2.61. The third-order valence-corrected chi connectivity index (χ3v) is 6.16. The minimum Gasteiger partial charge on any atom is -0.299 e. The van der Waals surface area contributed by atoms with Crippen LogP contribution in [0.15, 0.2) is 18.2 Å². The first-order valence-corrected chi connectivity index (χ1v) is 7.49. The van der Waals surface area contributed by atoms with Crippen LogP contribution in [0.25, 0.3) is 0 Å². The van der Waals surface area contributed by atoms with Crippen LogP contribution in [0, 0.1) is 6.92 Å². The van der Waals surface area contributed by atoms with Gasteiger partial charge < -0.3 is 0 Å². The van der Waals surface area contributed by atoms with E-state index in [1.807, 2.05) is 0 Å². The van der Waals surface area contributed by atoms with Crippen LogP contribution in [0.3, 0.4) is 0 Å². The first-order chi connectivity index (χ1) is 8.68. The van der Waals surface area contributed by atoms with Crippen molar-refractivity contribution in [3.63, 3.8) is 0 Å². The molecule has 1 saturated heterocycles. The van der Waals surface area contributed by atoms with E-state index in [9.17, 15) is 0 Å². The molecule has 0 amide bonds. The van der Waals surface area contributed by atoms with Gasteiger partial charge in [-0.15, -0.1) is 0 Å². The molecule has 1 nitrogen and oxygen atoms in total. The molecule has 1 heterocycles. The van der Waals surface area contributed by atoms with E-state index >= 15 is 0 Å². The van der Waals surface area contributed by atoms with Gasteiger partial charge in [0.15, 0.2) is 0 Å². The van der Waals surface area contributed by atoms with Gasteiger partial charge in [0, 0.05) is 17.5 Å². The van der Waals surface area contributed by atoms with Crippen LogP contribution >= 0.6 is 0 Å². The van der Waals surface area contributed by atoms with Gasteiger partial charge in [0.25, 0.3) is 0 Å². The summed E-state index contributed by atoms with van der Waals surface area (Å²) in [5.41, 5.74) is 5.84. The van der Waals surface area contributed by atoms with Crippen LogP contribution in [-0.4, -0.2) is 24.0 Å². The van der Waals surface area contributed by atoms with Gasteiger partial charge in [0.2, 0.25) is 0 Å².